The number of phenols is 1. The zero-order valence-electron chi connectivity index (χ0n) is 10.9. The number of amides is 1. The minimum Gasteiger partial charge on any atom is -0.507 e. The van der Waals surface area contributed by atoms with E-state index in [-0.39, 0.29) is 17.6 Å². The molecule has 102 valence electrons. The number of likely N-dealkylation sites (tertiary alicyclic amines) is 1. The summed E-state index contributed by atoms with van der Waals surface area (Å²) in [4.78, 5) is 14.6. The quantitative estimate of drug-likeness (QED) is 0.810. The molecule has 2 rings (SSSR count). The van der Waals surface area contributed by atoms with Crippen LogP contribution in [0.4, 0.5) is 0 Å². The molecule has 0 radical (unpaired) electrons. The number of carbonyl (C=O) groups excluding carboxylic acids is 1. The first kappa shape index (κ1) is 13.8. The number of hydrogen-bond acceptors (Lipinski definition) is 3. The molecular weight excluding hydrogens is 260 g/mol. The van der Waals surface area contributed by atoms with Gasteiger partial charge in [-0.05, 0) is 31.9 Å². The highest BCUT2D eigenvalue weighted by Gasteiger charge is 2.27. The van der Waals surface area contributed by atoms with Gasteiger partial charge in [-0.1, -0.05) is 23.8 Å². The lowest BCUT2D eigenvalue weighted by Gasteiger charge is -2.32. The third kappa shape index (κ3) is 3.04. The zero-order valence-corrected chi connectivity index (χ0v) is 11.7. The van der Waals surface area contributed by atoms with Crippen molar-refractivity contribution >= 4 is 23.1 Å². The molecule has 4 nitrogen and oxygen atoms in total. The van der Waals surface area contributed by atoms with Crippen LogP contribution in [0.15, 0.2) is 18.2 Å². The molecule has 1 fully saturated rings. The van der Waals surface area contributed by atoms with Gasteiger partial charge in [-0.15, -0.1) is 0 Å². The Kier molecular flexibility index (Phi) is 4.04. The van der Waals surface area contributed by atoms with Crippen LogP contribution in [0.2, 0.25) is 0 Å². The zero-order chi connectivity index (χ0) is 14.0. The number of aromatic hydroxyl groups is 1. The molecule has 1 aromatic rings. The average Bonchev–Trinajstić information content (AvgIpc) is 2.41. The smallest absolute Gasteiger partial charge is 0.257 e. The van der Waals surface area contributed by atoms with Crippen molar-refractivity contribution in [3.63, 3.8) is 0 Å². The second kappa shape index (κ2) is 5.57. The molecule has 1 aliphatic rings. The summed E-state index contributed by atoms with van der Waals surface area (Å²) in [5.74, 6) is -0.0464. The first-order valence-corrected chi connectivity index (χ1v) is 6.78. The van der Waals surface area contributed by atoms with Crippen molar-refractivity contribution in [2.24, 2.45) is 11.7 Å². The van der Waals surface area contributed by atoms with E-state index in [1.165, 1.54) is 0 Å². The molecule has 1 saturated heterocycles. The van der Waals surface area contributed by atoms with Crippen molar-refractivity contribution in [2.75, 3.05) is 13.1 Å². The molecule has 1 heterocycles. The summed E-state index contributed by atoms with van der Waals surface area (Å²) in [6.07, 6.45) is 1.82. The van der Waals surface area contributed by atoms with Gasteiger partial charge in [-0.3, -0.25) is 4.79 Å². The van der Waals surface area contributed by atoms with Crippen molar-refractivity contribution < 1.29 is 9.90 Å². The standard InChI is InChI=1S/C14H18N2O2S/c1-9-4-5-12(17)11(7-9)14(18)16-6-2-3-10(8-16)13(15)19/h4-5,7,10,17H,2-3,6,8H2,1H3,(H2,15,19). The fourth-order valence-corrected chi connectivity index (χ4v) is 2.58. The van der Waals surface area contributed by atoms with Crippen LogP contribution in [0.5, 0.6) is 5.75 Å². The first-order chi connectivity index (χ1) is 8.99. The Hall–Kier alpha value is -1.62. The Balaban J connectivity index is 2.19. The van der Waals surface area contributed by atoms with Crippen LogP contribution < -0.4 is 5.73 Å². The van der Waals surface area contributed by atoms with Crippen molar-refractivity contribution in [3.05, 3.63) is 29.3 Å². The second-order valence-electron chi connectivity index (χ2n) is 5.01. The van der Waals surface area contributed by atoms with E-state index < -0.39 is 0 Å². The van der Waals surface area contributed by atoms with Gasteiger partial charge in [0.1, 0.15) is 5.75 Å². The van der Waals surface area contributed by atoms with Crippen LogP contribution in [0.3, 0.4) is 0 Å². The van der Waals surface area contributed by atoms with Gasteiger partial charge in [-0.2, -0.15) is 0 Å². The number of thiocarbonyl (C=S) groups is 1. The Labute approximate surface area is 118 Å². The predicted octanol–water partition coefficient (Wildman–Crippen LogP) is 1.84. The number of benzene rings is 1. The van der Waals surface area contributed by atoms with Gasteiger partial charge in [0.2, 0.25) is 0 Å². The van der Waals surface area contributed by atoms with E-state index in [1.807, 2.05) is 6.92 Å². The minimum atomic E-state index is -0.151. The fourth-order valence-electron chi connectivity index (χ4n) is 2.39. The summed E-state index contributed by atoms with van der Waals surface area (Å²) < 4.78 is 0. The number of carbonyl (C=O) groups is 1. The van der Waals surface area contributed by atoms with Crippen LogP contribution in [0.25, 0.3) is 0 Å². The van der Waals surface area contributed by atoms with E-state index in [0.29, 0.717) is 23.6 Å². The Morgan fingerprint density at radius 2 is 2.26 bits per heavy atom. The lowest BCUT2D eigenvalue weighted by molar-refractivity contribution is 0.0700. The minimum absolute atomic E-state index is 0.0213. The van der Waals surface area contributed by atoms with Gasteiger partial charge in [-0.25, -0.2) is 0 Å². The van der Waals surface area contributed by atoms with Crippen LogP contribution in [0.1, 0.15) is 28.8 Å². The summed E-state index contributed by atoms with van der Waals surface area (Å²) in [5.41, 5.74) is 6.97. The number of hydrogen-bond donors (Lipinski definition) is 2. The third-order valence-electron chi connectivity index (χ3n) is 3.49. The van der Waals surface area contributed by atoms with Crippen molar-refractivity contribution in [1.29, 1.82) is 0 Å². The van der Waals surface area contributed by atoms with Crippen LogP contribution >= 0.6 is 12.2 Å². The molecule has 0 aliphatic carbocycles. The molecule has 0 saturated carbocycles. The van der Waals surface area contributed by atoms with Gasteiger partial charge in [0.05, 0.1) is 10.6 Å². The lowest BCUT2D eigenvalue weighted by atomic mass is 9.97. The monoisotopic (exact) mass is 278 g/mol. The molecule has 19 heavy (non-hydrogen) atoms. The van der Waals surface area contributed by atoms with Gasteiger partial charge in [0.15, 0.2) is 0 Å². The maximum atomic E-state index is 12.4. The van der Waals surface area contributed by atoms with Crippen LogP contribution in [-0.4, -0.2) is 34.0 Å². The summed E-state index contributed by atoms with van der Waals surface area (Å²) >= 11 is 5.01. The highest BCUT2D eigenvalue weighted by molar-refractivity contribution is 7.80. The molecule has 1 aliphatic heterocycles. The maximum Gasteiger partial charge on any atom is 0.257 e. The van der Waals surface area contributed by atoms with Crippen molar-refractivity contribution in [1.82, 2.24) is 4.90 Å². The summed E-state index contributed by atoms with van der Waals surface area (Å²) in [5, 5.41) is 9.81. The largest absolute Gasteiger partial charge is 0.507 e. The van der Waals surface area contributed by atoms with E-state index in [1.54, 1.807) is 23.1 Å². The van der Waals surface area contributed by atoms with E-state index in [4.69, 9.17) is 18.0 Å². The van der Waals surface area contributed by atoms with E-state index in [9.17, 15) is 9.90 Å². The molecule has 3 N–H and O–H groups in total. The summed E-state index contributed by atoms with van der Waals surface area (Å²) in [6, 6.07) is 5.04. The summed E-state index contributed by atoms with van der Waals surface area (Å²) in [6.45, 7) is 3.12. The van der Waals surface area contributed by atoms with Gasteiger partial charge in [0.25, 0.3) is 5.91 Å². The topological polar surface area (TPSA) is 66.6 Å². The lowest BCUT2D eigenvalue weighted by Crippen LogP contribution is -2.43. The Bertz CT molecular complexity index is 516. The number of nitrogens with two attached hydrogens (primary N) is 1. The SMILES string of the molecule is Cc1ccc(O)c(C(=O)N2CCCC(C(N)=S)C2)c1. The number of rotatable bonds is 2. The van der Waals surface area contributed by atoms with E-state index >= 15 is 0 Å². The highest BCUT2D eigenvalue weighted by Crippen LogP contribution is 2.24. The highest BCUT2D eigenvalue weighted by atomic mass is 32.1. The van der Waals surface area contributed by atoms with E-state index in [2.05, 4.69) is 0 Å². The fraction of sp³-hybridized carbons (Fsp3) is 0.429. The van der Waals surface area contributed by atoms with E-state index in [0.717, 1.165) is 18.4 Å². The van der Waals surface area contributed by atoms with Crippen molar-refractivity contribution in [3.8, 4) is 5.75 Å². The number of nitrogens with zero attached hydrogens (tertiary/aromatic N) is 1. The molecule has 0 bridgehead atoms. The first-order valence-electron chi connectivity index (χ1n) is 6.37. The molecule has 1 atom stereocenters. The van der Waals surface area contributed by atoms with Gasteiger partial charge >= 0.3 is 0 Å². The van der Waals surface area contributed by atoms with Crippen LogP contribution in [0, 0.1) is 12.8 Å². The molecule has 0 aromatic heterocycles. The number of phenolic OH excluding ortho intramolecular Hbond substituents is 1. The molecule has 1 amide bonds. The van der Waals surface area contributed by atoms with Gasteiger partial charge in [0, 0.05) is 19.0 Å². The number of aryl methyl sites for hydroxylation is 1. The third-order valence-corrected chi connectivity index (χ3v) is 3.83. The maximum absolute atomic E-state index is 12.4. The summed E-state index contributed by atoms with van der Waals surface area (Å²) in [7, 11) is 0. The molecule has 1 unspecified atom stereocenters. The second-order valence-corrected chi connectivity index (χ2v) is 5.48. The number of piperidine rings is 1. The molecule has 0 spiro atoms. The van der Waals surface area contributed by atoms with Crippen molar-refractivity contribution in [2.45, 2.75) is 19.8 Å². The molecule has 5 heteroatoms. The van der Waals surface area contributed by atoms with Gasteiger partial charge < -0.3 is 15.7 Å². The molecular formula is C14H18N2O2S. The van der Waals surface area contributed by atoms with Crippen LogP contribution in [-0.2, 0) is 0 Å². The predicted molar refractivity (Wildman–Crippen MR) is 78.3 cm³/mol. The Morgan fingerprint density at radius 1 is 1.53 bits per heavy atom. The Morgan fingerprint density at radius 3 is 2.95 bits per heavy atom. The average molecular weight is 278 g/mol. The normalized spacial score (nSPS) is 19.2. The molecule has 1 aromatic carbocycles.